The van der Waals surface area contributed by atoms with Crippen molar-refractivity contribution in [2.24, 2.45) is 0 Å². The number of nitrogens with one attached hydrogen (secondary N) is 1. The smallest absolute Gasteiger partial charge is 0.354 e. The second-order valence-corrected chi connectivity index (χ2v) is 9.13. The molecule has 0 saturated carbocycles. The van der Waals surface area contributed by atoms with Crippen molar-refractivity contribution in [2.45, 2.75) is 33.4 Å². The Kier molecular flexibility index (Phi) is 7.45. The number of nitriles is 1. The molecule has 0 amide bonds. The minimum absolute atomic E-state index is 0.00183. The van der Waals surface area contributed by atoms with Crippen molar-refractivity contribution in [3.63, 3.8) is 0 Å². The van der Waals surface area contributed by atoms with Gasteiger partial charge in [0.15, 0.2) is 0 Å². The van der Waals surface area contributed by atoms with Gasteiger partial charge < -0.3 is 15.2 Å². The number of carbonyl (C=O) groups is 1. The summed E-state index contributed by atoms with van der Waals surface area (Å²) in [5.41, 5.74) is 1.83. The standard InChI is InChI=1S/C25H22N6O5S/c1-15-4-6-17(7-5-15)14-31-22(29-23(34)30(25(31)35)11-3-10-26)28-18-8-9-19(16(2)12-18)36-24-27-13-20(37-24)21(32)33/h4-9,12-13H,3,11,14H2,1-2H3,(H,32,33)(H,28,29,34). The molecule has 0 aliphatic carbocycles. The predicted molar refractivity (Wildman–Crippen MR) is 137 cm³/mol. The lowest BCUT2D eigenvalue weighted by Gasteiger charge is -2.16. The van der Waals surface area contributed by atoms with Crippen LogP contribution in [-0.2, 0) is 13.1 Å². The molecule has 0 spiro atoms. The first-order valence-electron chi connectivity index (χ1n) is 11.1. The molecule has 0 radical (unpaired) electrons. The molecule has 0 aliphatic heterocycles. The molecule has 0 bridgehead atoms. The molecule has 2 heterocycles. The van der Waals surface area contributed by atoms with Crippen LogP contribution < -0.4 is 21.4 Å². The first-order valence-corrected chi connectivity index (χ1v) is 12.0. The number of benzene rings is 2. The summed E-state index contributed by atoms with van der Waals surface area (Å²) in [6.07, 6.45) is 1.23. The zero-order valence-corrected chi connectivity index (χ0v) is 20.8. The SMILES string of the molecule is Cc1ccc(Cn2c(Nc3ccc(Oc4ncc(C(=O)O)s4)c(C)c3)nc(=O)n(CCC#N)c2=O)cc1. The van der Waals surface area contributed by atoms with Gasteiger partial charge in [-0.1, -0.05) is 41.2 Å². The van der Waals surface area contributed by atoms with E-state index in [4.69, 9.17) is 15.1 Å². The van der Waals surface area contributed by atoms with E-state index >= 15 is 0 Å². The van der Waals surface area contributed by atoms with Gasteiger partial charge in [0.1, 0.15) is 10.6 Å². The number of aromatic nitrogens is 4. The highest BCUT2D eigenvalue weighted by atomic mass is 32.1. The van der Waals surface area contributed by atoms with Gasteiger partial charge in [-0.05, 0) is 43.2 Å². The second kappa shape index (κ2) is 10.9. The Labute approximate surface area is 214 Å². The topological polar surface area (TPSA) is 152 Å². The third-order valence-electron chi connectivity index (χ3n) is 5.38. The maximum Gasteiger partial charge on any atom is 0.354 e. The van der Waals surface area contributed by atoms with E-state index < -0.39 is 17.3 Å². The molecule has 2 N–H and O–H groups in total. The van der Waals surface area contributed by atoms with Gasteiger partial charge in [0.05, 0.1) is 25.2 Å². The lowest BCUT2D eigenvalue weighted by molar-refractivity contribution is 0.0702. The molecular weight excluding hydrogens is 496 g/mol. The van der Waals surface area contributed by atoms with E-state index in [0.29, 0.717) is 17.0 Å². The molecule has 4 rings (SSSR count). The Morgan fingerprint density at radius 1 is 1.16 bits per heavy atom. The molecule has 12 heteroatoms. The van der Waals surface area contributed by atoms with Crippen molar-refractivity contribution in [3.8, 4) is 17.0 Å². The van der Waals surface area contributed by atoms with Crippen LogP contribution in [0.15, 0.2) is 58.3 Å². The molecule has 4 aromatic rings. The largest absolute Gasteiger partial charge is 0.477 e. The van der Waals surface area contributed by atoms with Gasteiger partial charge in [0, 0.05) is 12.2 Å². The summed E-state index contributed by atoms with van der Waals surface area (Å²) in [5.74, 6) is -0.556. The molecule has 0 aliphatic rings. The maximum absolute atomic E-state index is 13.2. The molecule has 0 atom stereocenters. The summed E-state index contributed by atoms with van der Waals surface area (Å²) in [5, 5.41) is 21.2. The van der Waals surface area contributed by atoms with Crippen molar-refractivity contribution in [2.75, 3.05) is 5.32 Å². The lowest BCUT2D eigenvalue weighted by atomic mass is 10.1. The summed E-state index contributed by atoms with van der Waals surface area (Å²) < 4.78 is 8.02. The summed E-state index contributed by atoms with van der Waals surface area (Å²) >= 11 is 0.911. The summed E-state index contributed by atoms with van der Waals surface area (Å²) in [7, 11) is 0. The van der Waals surface area contributed by atoms with Crippen LogP contribution in [0.4, 0.5) is 11.6 Å². The van der Waals surface area contributed by atoms with E-state index in [1.54, 1.807) is 25.1 Å². The van der Waals surface area contributed by atoms with Gasteiger partial charge in [0.25, 0.3) is 5.19 Å². The Balaban J connectivity index is 1.65. The molecule has 2 aromatic carbocycles. The average molecular weight is 519 g/mol. The van der Waals surface area contributed by atoms with Crippen LogP contribution in [-0.4, -0.2) is 30.2 Å². The molecule has 11 nitrogen and oxygen atoms in total. The van der Waals surface area contributed by atoms with E-state index in [2.05, 4.69) is 15.3 Å². The third kappa shape index (κ3) is 5.91. The van der Waals surface area contributed by atoms with Crippen LogP contribution in [0.5, 0.6) is 10.9 Å². The van der Waals surface area contributed by atoms with Gasteiger partial charge in [-0.2, -0.15) is 10.2 Å². The molecule has 0 saturated heterocycles. The predicted octanol–water partition coefficient (Wildman–Crippen LogP) is 3.67. The first-order chi connectivity index (χ1) is 17.7. The molecule has 2 aromatic heterocycles. The Morgan fingerprint density at radius 2 is 1.92 bits per heavy atom. The number of hydrogen-bond acceptors (Lipinski definition) is 9. The van der Waals surface area contributed by atoms with Crippen molar-refractivity contribution in [1.82, 2.24) is 19.1 Å². The van der Waals surface area contributed by atoms with Crippen LogP contribution >= 0.6 is 11.3 Å². The number of aromatic carboxylic acids is 1. The highest BCUT2D eigenvalue weighted by Gasteiger charge is 2.15. The lowest BCUT2D eigenvalue weighted by Crippen LogP contribution is -2.42. The van der Waals surface area contributed by atoms with Crippen LogP contribution in [0.25, 0.3) is 0 Å². The van der Waals surface area contributed by atoms with Gasteiger partial charge >= 0.3 is 17.3 Å². The number of rotatable bonds is 9. The van der Waals surface area contributed by atoms with E-state index in [9.17, 15) is 14.4 Å². The molecular formula is C25H22N6O5S. The minimum Gasteiger partial charge on any atom is -0.477 e. The van der Waals surface area contributed by atoms with Gasteiger partial charge in [-0.25, -0.2) is 23.9 Å². The molecule has 0 unspecified atom stereocenters. The Morgan fingerprint density at radius 3 is 2.57 bits per heavy atom. The van der Waals surface area contributed by atoms with Crippen LogP contribution in [0.1, 0.15) is 32.8 Å². The zero-order chi connectivity index (χ0) is 26.5. The number of hydrogen-bond donors (Lipinski definition) is 2. The number of aryl methyl sites for hydroxylation is 2. The van der Waals surface area contributed by atoms with E-state index in [1.807, 2.05) is 37.3 Å². The first kappa shape index (κ1) is 25.3. The second-order valence-electron chi connectivity index (χ2n) is 8.13. The Bertz CT molecular complexity index is 1610. The fourth-order valence-electron chi connectivity index (χ4n) is 3.47. The number of carboxylic acids is 1. The van der Waals surface area contributed by atoms with Crippen molar-refractivity contribution in [1.29, 1.82) is 5.26 Å². The molecule has 0 fully saturated rings. The summed E-state index contributed by atoms with van der Waals surface area (Å²) in [6.45, 7) is 3.86. The quantitative estimate of drug-likeness (QED) is 0.338. The normalized spacial score (nSPS) is 10.6. The highest BCUT2D eigenvalue weighted by Crippen LogP contribution is 2.30. The van der Waals surface area contributed by atoms with Crippen LogP contribution in [0.2, 0.25) is 0 Å². The van der Waals surface area contributed by atoms with Crippen molar-refractivity contribution >= 4 is 28.9 Å². The van der Waals surface area contributed by atoms with Gasteiger partial charge in [-0.15, -0.1) is 0 Å². The number of anilines is 2. The molecule has 188 valence electrons. The third-order valence-corrected chi connectivity index (χ3v) is 6.25. The highest BCUT2D eigenvalue weighted by molar-refractivity contribution is 7.15. The summed E-state index contributed by atoms with van der Waals surface area (Å²) in [4.78, 5) is 45.0. The van der Waals surface area contributed by atoms with Gasteiger partial charge in [-0.3, -0.25) is 4.57 Å². The van der Waals surface area contributed by atoms with Crippen molar-refractivity contribution in [3.05, 3.63) is 91.2 Å². The fourth-order valence-corrected chi connectivity index (χ4v) is 4.08. The number of carboxylic acid groups (broad SMARTS) is 1. The maximum atomic E-state index is 13.2. The zero-order valence-electron chi connectivity index (χ0n) is 20.0. The number of thiazole rings is 1. The van der Waals surface area contributed by atoms with Crippen LogP contribution in [0.3, 0.4) is 0 Å². The fraction of sp³-hybridized carbons (Fsp3) is 0.200. The average Bonchev–Trinajstić information content (AvgIpc) is 3.33. The van der Waals surface area contributed by atoms with Crippen LogP contribution in [0, 0.1) is 25.2 Å². The number of nitrogens with zero attached hydrogens (tertiary/aromatic N) is 5. The molecule has 37 heavy (non-hydrogen) atoms. The van der Waals surface area contributed by atoms with E-state index in [0.717, 1.165) is 27.0 Å². The van der Waals surface area contributed by atoms with E-state index in [1.165, 1.54) is 10.8 Å². The minimum atomic E-state index is -1.08. The van der Waals surface area contributed by atoms with E-state index in [-0.39, 0.29) is 35.5 Å². The van der Waals surface area contributed by atoms with Gasteiger partial charge in [0.2, 0.25) is 5.95 Å². The van der Waals surface area contributed by atoms with Crippen molar-refractivity contribution < 1.29 is 14.6 Å². The number of ether oxygens (including phenoxy) is 1. The summed E-state index contributed by atoms with van der Waals surface area (Å²) in [6, 6.07) is 14.7. The Hall–Kier alpha value is -4.76. The monoisotopic (exact) mass is 518 g/mol.